The second-order valence-electron chi connectivity index (χ2n) is 10.4. The van der Waals surface area contributed by atoms with E-state index in [1.165, 1.54) is 22.3 Å². The van der Waals surface area contributed by atoms with Gasteiger partial charge in [0, 0.05) is 30.4 Å². The highest BCUT2D eigenvalue weighted by Gasteiger charge is 2.42. The Hall–Kier alpha value is -2.47. The Labute approximate surface area is 208 Å². The highest BCUT2D eigenvalue weighted by Crippen LogP contribution is 2.50. The number of unbranched alkanes of at least 4 members (excludes halogenated alkanes) is 3. The molecule has 0 radical (unpaired) electrons. The highest BCUT2D eigenvalue weighted by molar-refractivity contribution is 5.79. The fourth-order valence-electron chi connectivity index (χ4n) is 5.49. The van der Waals surface area contributed by atoms with Crippen LogP contribution in [0.4, 0.5) is 8.78 Å². The Balaban J connectivity index is 1.64. The van der Waals surface area contributed by atoms with Crippen LogP contribution in [-0.4, -0.2) is 48.5 Å². The molecule has 0 fully saturated rings. The summed E-state index contributed by atoms with van der Waals surface area (Å²) in [7, 11) is 1.66. The Morgan fingerprint density at radius 1 is 1.14 bits per heavy atom. The normalized spacial score (nSPS) is 20.1. The molecule has 4 rings (SSSR count). The van der Waals surface area contributed by atoms with Crippen molar-refractivity contribution in [1.82, 2.24) is 9.88 Å². The van der Waals surface area contributed by atoms with E-state index in [9.17, 15) is 8.78 Å². The van der Waals surface area contributed by atoms with Gasteiger partial charge in [-0.2, -0.15) is 0 Å². The number of methoxy groups -OCH3 is 1. The number of benzene rings is 1. The molecular weight excluding hydrogens is 446 g/mol. The molecule has 0 N–H and O–H groups in total. The third-order valence-corrected chi connectivity index (χ3v) is 7.06. The molecule has 0 unspecified atom stereocenters. The quantitative estimate of drug-likeness (QED) is 0.325. The molecule has 2 atom stereocenters. The van der Waals surface area contributed by atoms with Gasteiger partial charge < -0.3 is 9.47 Å². The molecule has 1 aromatic carbocycles. The van der Waals surface area contributed by atoms with Crippen molar-refractivity contribution in [3.8, 4) is 11.6 Å². The lowest BCUT2D eigenvalue weighted by molar-refractivity contribution is 0.0691. The van der Waals surface area contributed by atoms with Crippen molar-refractivity contribution in [3.05, 3.63) is 58.8 Å². The zero-order valence-electron chi connectivity index (χ0n) is 21.4. The van der Waals surface area contributed by atoms with Gasteiger partial charge in [-0.3, -0.25) is 9.29 Å². The Morgan fingerprint density at radius 2 is 1.91 bits per heavy atom. The first kappa shape index (κ1) is 25.6. The first-order valence-electron chi connectivity index (χ1n) is 12.8. The van der Waals surface area contributed by atoms with E-state index in [1.807, 2.05) is 12.3 Å². The van der Waals surface area contributed by atoms with E-state index in [2.05, 4.69) is 41.1 Å². The van der Waals surface area contributed by atoms with Crippen LogP contribution in [0.3, 0.4) is 0 Å². The van der Waals surface area contributed by atoms with Gasteiger partial charge in [0.05, 0.1) is 26.4 Å². The molecule has 1 aliphatic carbocycles. The third kappa shape index (κ3) is 5.85. The standard InChI is InChI=1S/C29H38F2N2O2/c1-20-15-23-22-12-8-7-11-21(22)16-24(23)28(33(20)19-29(2,3)31)25-18-32-27(17-26(25)34-4)35-14-10-6-5-9-13-30/h7-8,11-12,17-18,20,28H,5-6,9-10,13-16,19H2,1-4H3/t20-,28+/m1/s1. The SMILES string of the molecule is COc1cc(OCCCCCCF)ncc1[C@@H]1C2=C(C[C@@H](C)N1CC(C)(C)F)c1ccccc1C2. The van der Waals surface area contributed by atoms with Gasteiger partial charge in [-0.25, -0.2) is 9.37 Å². The molecule has 0 saturated carbocycles. The van der Waals surface area contributed by atoms with Crippen molar-refractivity contribution in [2.45, 2.75) is 77.0 Å². The molecule has 0 saturated heterocycles. The number of aromatic nitrogens is 1. The minimum atomic E-state index is -1.33. The van der Waals surface area contributed by atoms with E-state index in [-0.39, 0.29) is 18.8 Å². The number of halogens is 2. The van der Waals surface area contributed by atoms with Gasteiger partial charge in [0.2, 0.25) is 5.88 Å². The van der Waals surface area contributed by atoms with Crippen LogP contribution in [-0.2, 0) is 6.42 Å². The van der Waals surface area contributed by atoms with Gasteiger partial charge in [-0.1, -0.05) is 30.7 Å². The number of ether oxygens (including phenoxy) is 2. The van der Waals surface area contributed by atoms with Crippen LogP contribution < -0.4 is 9.47 Å². The first-order valence-corrected chi connectivity index (χ1v) is 12.8. The molecule has 190 valence electrons. The molecule has 2 aliphatic rings. The summed E-state index contributed by atoms with van der Waals surface area (Å²) in [5, 5.41) is 0. The summed E-state index contributed by atoms with van der Waals surface area (Å²) in [6.45, 7) is 6.07. The van der Waals surface area contributed by atoms with E-state index >= 15 is 0 Å². The molecule has 6 heteroatoms. The Kier molecular flexibility index (Phi) is 8.10. The molecule has 0 amide bonds. The van der Waals surface area contributed by atoms with Crippen LogP contribution in [0.5, 0.6) is 11.6 Å². The van der Waals surface area contributed by atoms with Gasteiger partial charge >= 0.3 is 0 Å². The second kappa shape index (κ2) is 11.1. The Bertz CT molecular complexity index is 1050. The maximum atomic E-state index is 15.0. The van der Waals surface area contributed by atoms with Crippen molar-refractivity contribution in [2.24, 2.45) is 0 Å². The smallest absolute Gasteiger partial charge is 0.216 e. The van der Waals surface area contributed by atoms with Gasteiger partial charge in [0.1, 0.15) is 11.4 Å². The Morgan fingerprint density at radius 3 is 2.66 bits per heavy atom. The monoisotopic (exact) mass is 484 g/mol. The molecule has 1 aromatic heterocycles. The van der Waals surface area contributed by atoms with E-state index < -0.39 is 5.67 Å². The minimum Gasteiger partial charge on any atom is -0.496 e. The molecule has 1 aliphatic heterocycles. The van der Waals surface area contributed by atoms with Crippen LogP contribution in [0.1, 0.15) is 75.6 Å². The van der Waals surface area contributed by atoms with Gasteiger partial charge in [0.15, 0.2) is 0 Å². The van der Waals surface area contributed by atoms with Gasteiger partial charge in [-0.05, 0) is 75.1 Å². The summed E-state index contributed by atoms with van der Waals surface area (Å²) in [4.78, 5) is 6.88. The number of rotatable bonds is 11. The number of hydrogen-bond acceptors (Lipinski definition) is 4. The van der Waals surface area contributed by atoms with Crippen LogP contribution in [0.15, 0.2) is 42.1 Å². The molecule has 2 aromatic rings. The predicted octanol–water partition coefficient (Wildman–Crippen LogP) is 6.89. The number of nitrogens with zero attached hydrogens (tertiary/aromatic N) is 2. The number of fused-ring (bicyclic) bond motifs is 2. The lowest BCUT2D eigenvalue weighted by atomic mass is 9.84. The largest absolute Gasteiger partial charge is 0.496 e. The average molecular weight is 485 g/mol. The fourth-order valence-corrected chi connectivity index (χ4v) is 5.49. The van der Waals surface area contributed by atoms with Gasteiger partial charge in [-0.15, -0.1) is 0 Å². The number of hydrogen-bond donors (Lipinski definition) is 0. The number of pyridine rings is 1. The highest BCUT2D eigenvalue weighted by atomic mass is 19.1. The summed E-state index contributed by atoms with van der Waals surface area (Å²) in [5.41, 5.74) is 4.95. The van der Waals surface area contributed by atoms with Crippen LogP contribution in [0.25, 0.3) is 5.57 Å². The third-order valence-electron chi connectivity index (χ3n) is 7.06. The number of alkyl halides is 2. The molecule has 0 bridgehead atoms. The van der Waals surface area contributed by atoms with Crippen molar-refractivity contribution < 1.29 is 18.3 Å². The van der Waals surface area contributed by atoms with Gasteiger partial charge in [0.25, 0.3) is 0 Å². The molecule has 0 spiro atoms. The summed E-state index contributed by atoms with van der Waals surface area (Å²) in [6, 6.07) is 10.5. The molecule has 4 nitrogen and oxygen atoms in total. The van der Waals surface area contributed by atoms with Crippen molar-refractivity contribution in [1.29, 1.82) is 0 Å². The summed E-state index contributed by atoms with van der Waals surface area (Å²) in [5.74, 6) is 1.22. The van der Waals surface area contributed by atoms with Crippen LogP contribution in [0, 0.1) is 0 Å². The first-order chi connectivity index (χ1) is 16.8. The summed E-state index contributed by atoms with van der Waals surface area (Å²) >= 11 is 0. The van der Waals surface area contributed by atoms with E-state index in [0.29, 0.717) is 31.2 Å². The lowest BCUT2D eigenvalue weighted by Crippen LogP contribution is -2.46. The predicted molar refractivity (Wildman–Crippen MR) is 137 cm³/mol. The van der Waals surface area contributed by atoms with E-state index in [1.54, 1.807) is 21.0 Å². The minimum absolute atomic E-state index is 0.117. The molecular formula is C29H38F2N2O2. The van der Waals surface area contributed by atoms with E-state index in [0.717, 1.165) is 37.7 Å². The zero-order chi connectivity index (χ0) is 25.0. The summed E-state index contributed by atoms with van der Waals surface area (Å²) in [6.07, 6.45) is 6.87. The van der Waals surface area contributed by atoms with Crippen LogP contribution >= 0.6 is 0 Å². The average Bonchev–Trinajstić information content (AvgIpc) is 3.19. The maximum absolute atomic E-state index is 15.0. The second-order valence-corrected chi connectivity index (χ2v) is 10.4. The van der Waals surface area contributed by atoms with Crippen molar-refractivity contribution >= 4 is 5.57 Å². The lowest BCUT2D eigenvalue weighted by Gasteiger charge is -2.44. The van der Waals surface area contributed by atoms with Crippen LogP contribution in [0.2, 0.25) is 0 Å². The van der Waals surface area contributed by atoms with Crippen molar-refractivity contribution in [2.75, 3.05) is 26.9 Å². The zero-order valence-corrected chi connectivity index (χ0v) is 21.4. The topological polar surface area (TPSA) is 34.6 Å². The molecule has 35 heavy (non-hydrogen) atoms. The van der Waals surface area contributed by atoms with Crippen molar-refractivity contribution in [3.63, 3.8) is 0 Å². The summed E-state index contributed by atoms with van der Waals surface area (Å²) < 4.78 is 39.0. The fraction of sp³-hybridized carbons (Fsp3) is 0.552. The maximum Gasteiger partial charge on any atom is 0.216 e. The van der Waals surface area contributed by atoms with E-state index in [4.69, 9.17) is 9.47 Å². The molecule has 2 heterocycles.